The van der Waals surface area contributed by atoms with E-state index < -0.39 is 0 Å². The molecule has 1 rings (SSSR count). The molecule has 0 aromatic heterocycles. The Labute approximate surface area is 115 Å². The molecule has 4 heteroatoms. The third kappa shape index (κ3) is 5.30. The largest absolute Gasteiger partial charge is 0.399 e. The van der Waals surface area contributed by atoms with E-state index in [4.69, 9.17) is 10.5 Å². The van der Waals surface area contributed by atoms with Crippen molar-refractivity contribution in [2.75, 3.05) is 33.0 Å². The lowest BCUT2D eigenvalue weighted by Crippen LogP contribution is -2.29. The van der Waals surface area contributed by atoms with Gasteiger partial charge in [-0.25, -0.2) is 0 Å². The highest BCUT2D eigenvalue weighted by Gasteiger charge is 2.14. The van der Waals surface area contributed by atoms with Crippen molar-refractivity contribution >= 4 is 11.6 Å². The first-order valence-electron chi connectivity index (χ1n) is 6.63. The second-order valence-corrected chi connectivity index (χ2v) is 4.93. The van der Waals surface area contributed by atoms with Gasteiger partial charge >= 0.3 is 0 Å². The third-order valence-electron chi connectivity index (χ3n) is 3.25. The Hall–Kier alpha value is -1.55. The Bertz CT molecular complexity index is 390. The predicted molar refractivity (Wildman–Crippen MR) is 78.0 cm³/mol. The van der Waals surface area contributed by atoms with Gasteiger partial charge in [0.2, 0.25) is 5.91 Å². The Morgan fingerprint density at radius 1 is 1.37 bits per heavy atom. The maximum atomic E-state index is 12.0. The van der Waals surface area contributed by atoms with Gasteiger partial charge in [0.1, 0.15) is 0 Å². The minimum Gasteiger partial charge on any atom is -0.399 e. The molecule has 0 aliphatic carbocycles. The molecule has 106 valence electrons. The number of carbonyl (C=O) groups is 1. The fourth-order valence-corrected chi connectivity index (χ4v) is 1.93. The van der Waals surface area contributed by atoms with Crippen LogP contribution in [0.2, 0.25) is 0 Å². The highest BCUT2D eigenvalue weighted by molar-refractivity contribution is 5.76. The van der Waals surface area contributed by atoms with Crippen LogP contribution >= 0.6 is 0 Å². The number of amides is 1. The molecule has 0 heterocycles. The molecule has 4 nitrogen and oxygen atoms in total. The van der Waals surface area contributed by atoms with E-state index in [0.717, 1.165) is 24.2 Å². The predicted octanol–water partition coefficient (Wildman–Crippen LogP) is 2.26. The number of hydrogen-bond acceptors (Lipinski definition) is 3. The van der Waals surface area contributed by atoms with Crippen molar-refractivity contribution in [3.05, 3.63) is 29.8 Å². The molecule has 1 aromatic rings. The van der Waals surface area contributed by atoms with Crippen molar-refractivity contribution in [2.45, 2.75) is 25.7 Å². The highest BCUT2D eigenvalue weighted by atomic mass is 16.5. The fraction of sp³-hybridized carbons (Fsp3) is 0.533. The van der Waals surface area contributed by atoms with Crippen LogP contribution in [-0.4, -0.2) is 38.1 Å². The quantitative estimate of drug-likeness (QED) is 0.607. The first kappa shape index (κ1) is 15.5. The van der Waals surface area contributed by atoms with E-state index in [1.165, 1.54) is 0 Å². The number of carbonyl (C=O) groups excluding carboxylic acids is 1. The van der Waals surface area contributed by atoms with E-state index >= 15 is 0 Å². The lowest BCUT2D eigenvalue weighted by molar-refractivity contribution is -0.130. The van der Waals surface area contributed by atoms with E-state index in [1.54, 1.807) is 12.0 Å². The molecule has 0 spiro atoms. The average molecular weight is 264 g/mol. The maximum absolute atomic E-state index is 12.0. The average Bonchev–Trinajstić information content (AvgIpc) is 2.39. The van der Waals surface area contributed by atoms with Crippen LogP contribution in [-0.2, 0) is 9.53 Å². The minimum atomic E-state index is 0.167. The van der Waals surface area contributed by atoms with Crippen molar-refractivity contribution in [1.29, 1.82) is 0 Å². The molecule has 1 amide bonds. The smallest absolute Gasteiger partial charge is 0.222 e. The number of nitrogen functional groups attached to an aromatic ring is 1. The van der Waals surface area contributed by atoms with Crippen LogP contribution in [0.1, 0.15) is 31.2 Å². The summed E-state index contributed by atoms with van der Waals surface area (Å²) in [6.45, 7) is 3.48. The van der Waals surface area contributed by atoms with Gasteiger partial charge in [0.25, 0.3) is 0 Å². The third-order valence-corrected chi connectivity index (χ3v) is 3.25. The molecule has 0 radical (unpaired) electrons. The summed E-state index contributed by atoms with van der Waals surface area (Å²) >= 11 is 0. The number of ether oxygens (including phenoxy) is 1. The van der Waals surface area contributed by atoms with Gasteiger partial charge in [0.05, 0.1) is 0 Å². The molecule has 0 fully saturated rings. The number of anilines is 1. The van der Waals surface area contributed by atoms with Gasteiger partial charge in [-0.15, -0.1) is 0 Å². The first-order chi connectivity index (χ1) is 9.04. The van der Waals surface area contributed by atoms with Crippen molar-refractivity contribution in [2.24, 2.45) is 0 Å². The van der Waals surface area contributed by atoms with Crippen LogP contribution < -0.4 is 5.73 Å². The standard InChI is InChI=1S/C15H24N2O2/c1-12(13-5-7-14(16)8-6-13)11-15(18)17(2)9-4-10-19-3/h5-8,12H,4,9-11,16H2,1-3H3. The van der Waals surface area contributed by atoms with Gasteiger partial charge < -0.3 is 15.4 Å². The molecular formula is C15H24N2O2. The molecule has 19 heavy (non-hydrogen) atoms. The number of nitrogens with zero attached hydrogens (tertiary/aromatic N) is 1. The topological polar surface area (TPSA) is 55.6 Å². The maximum Gasteiger partial charge on any atom is 0.222 e. The molecular weight excluding hydrogens is 240 g/mol. The van der Waals surface area contributed by atoms with Crippen molar-refractivity contribution in [3.8, 4) is 0 Å². The van der Waals surface area contributed by atoms with Crippen LogP contribution in [0.5, 0.6) is 0 Å². The lowest BCUT2D eigenvalue weighted by Gasteiger charge is -2.19. The van der Waals surface area contributed by atoms with E-state index in [2.05, 4.69) is 6.92 Å². The number of benzene rings is 1. The number of rotatable bonds is 7. The molecule has 0 aliphatic rings. The molecule has 0 saturated carbocycles. The summed E-state index contributed by atoms with van der Waals surface area (Å²) in [5, 5.41) is 0. The Kier molecular flexibility index (Phi) is 6.36. The summed E-state index contributed by atoms with van der Waals surface area (Å²) in [7, 11) is 3.51. The van der Waals surface area contributed by atoms with Crippen LogP contribution in [0.3, 0.4) is 0 Å². The summed E-state index contributed by atoms with van der Waals surface area (Å²) in [4.78, 5) is 13.8. The highest BCUT2D eigenvalue weighted by Crippen LogP contribution is 2.20. The molecule has 2 N–H and O–H groups in total. The summed E-state index contributed by atoms with van der Waals surface area (Å²) in [5.74, 6) is 0.374. The van der Waals surface area contributed by atoms with E-state index in [0.29, 0.717) is 13.0 Å². The fourth-order valence-electron chi connectivity index (χ4n) is 1.93. The van der Waals surface area contributed by atoms with Crippen LogP contribution in [0.25, 0.3) is 0 Å². The number of methoxy groups -OCH3 is 1. The second kappa shape index (κ2) is 7.79. The van der Waals surface area contributed by atoms with E-state index in [-0.39, 0.29) is 11.8 Å². The molecule has 1 aromatic carbocycles. The van der Waals surface area contributed by atoms with Crippen LogP contribution in [0.4, 0.5) is 5.69 Å². The Balaban J connectivity index is 2.44. The molecule has 1 unspecified atom stereocenters. The molecule has 0 saturated heterocycles. The first-order valence-corrected chi connectivity index (χ1v) is 6.63. The van der Waals surface area contributed by atoms with Gasteiger partial charge in [-0.3, -0.25) is 4.79 Å². The van der Waals surface area contributed by atoms with Crippen LogP contribution in [0, 0.1) is 0 Å². The number of hydrogen-bond donors (Lipinski definition) is 1. The van der Waals surface area contributed by atoms with Crippen molar-refractivity contribution < 1.29 is 9.53 Å². The lowest BCUT2D eigenvalue weighted by atomic mass is 9.97. The van der Waals surface area contributed by atoms with Gasteiger partial charge in [0.15, 0.2) is 0 Å². The van der Waals surface area contributed by atoms with Gasteiger partial charge in [-0.2, -0.15) is 0 Å². The Morgan fingerprint density at radius 2 is 2.00 bits per heavy atom. The molecule has 1 atom stereocenters. The van der Waals surface area contributed by atoms with Crippen LogP contribution in [0.15, 0.2) is 24.3 Å². The number of nitrogens with two attached hydrogens (primary N) is 1. The summed E-state index contributed by atoms with van der Waals surface area (Å²) in [6, 6.07) is 7.72. The normalized spacial score (nSPS) is 12.2. The van der Waals surface area contributed by atoms with Crippen molar-refractivity contribution in [1.82, 2.24) is 4.90 Å². The zero-order valence-electron chi connectivity index (χ0n) is 12.1. The van der Waals surface area contributed by atoms with Crippen molar-refractivity contribution in [3.63, 3.8) is 0 Å². The monoisotopic (exact) mass is 264 g/mol. The molecule has 0 bridgehead atoms. The van der Waals surface area contributed by atoms with E-state index in [9.17, 15) is 4.79 Å². The Morgan fingerprint density at radius 3 is 2.58 bits per heavy atom. The summed E-state index contributed by atoms with van der Waals surface area (Å²) in [5.41, 5.74) is 7.55. The summed E-state index contributed by atoms with van der Waals surface area (Å²) in [6.07, 6.45) is 1.39. The van der Waals surface area contributed by atoms with Gasteiger partial charge in [0, 0.05) is 39.4 Å². The zero-order chi connectivity index (χ0) is 14.3. The minimum absolute atomic E-state index is 0.167. The van der Waals surface area contributed by atoms with Gasteiger partial charge in [-0.05, 0) is 30.0 Å². The van der Waals surface area contributed by atoms with Gasteiger partial charge in [-0.1, -0.05) is 19.1 Å². The molecule has 0 aliphatic heterocycles. The zero-order valence-corrected chi connectivity index (χ0v) is 12.1. The van der Waals surface area contributed by atoms with E-state index in [1.807, 2.05) is 31.3 Å². The second-order valence-electron chi connectivity index (χ2n) is 4.93. The SMILES string of the molecule is COCCCN(C)C(=O)CC(C)c1ccc(N)cc1. The summed E-state index contributed by atoms with van der Waals surface area (Å²) < 4.78 is 4.98.